The molecule has 0 heterocycles. The third kappa shape index (κ3) is 3.81. The molecule has 0 saturated carbocycles. The van der Waals surface area contributed by atoms with E-state index in [9.17, 15) is 9.18 Å². The van der Waals surface area contributed by atoms with E-state index in [-0.39, 0.29) is 17.6 Å². The summed E-state index contributed by atoms with van der Waals surface area (Å²) >= 11 is 0. The Morgan fingerprint density at radius 3 is 2.52 bits per heavy atom. The minimum Gasteiger partial charge on any atom is -0.496 e. The quantitative estimate of drug-likeness (QED) is 0.915. The van der Waals surface area contributed by atoms with E-state index in [1.807, 2.05) is 13.0 Å². The molecule has 1 atom stereocenters. The van der Waals surface area contributed by atoms with E-state index < -0.39 is 0 Å². The maximum absolute atomic E-state index is 12.9. The molecule has 0 aliphatic heterocycles. The zero-order chi connectivity index (χ0) is 15.2. The van der Waals surface area contributed by atoms with Crippen LogP contribution in [0.2, 0.25) is 0 Å². The van der Waals surface area contributed by atoms with Crippen LogP contribution in [0.15, 0.2) is 48.5 Å². The van der Waals surface area contributed by atoms with Gasteiger partial charge in [-0.3, -0.25) is 4.79 Å². The Morgan fingerprint density at radius 2 is 1.86 bits per heavy atom. The molecule has 2 aromatic rings. The summed E-state index contributed by atoms with van der Waals surface area (Å²) in [5.74, 6) is 0.208. The van der Waals surface area contributed by atoms with Crippen molar-refractivity contribution in [3.8, 4) is 5.75 Å². The summed E-state index contributed by atoms with van der Waals surface area (Å²) in [4.78, 5) is 12.2. The fraction of sp³-hybridized carbons (Fsp3) is 0.235. The lowest BCUT2D eigenvalue weighted by molar-refractivity contribution is 0.0948. The smallest absolute Gasteiger partial charge is 0.255 e. The summed E-state index contributed by atoms with van der Waals surface area (Å²) < 4.78 is 18.1. The Bertz CT molecular complexity index is 610. The normalized spacial score (nSPS) is 11.8. The first-order valence-electron chi connectivity index (χ1n) is 6.78. The van der Waals surface area contributed by atoms with Crippen LogP contribution in [-0.2, 0) is 0 Å². The molecule has 1 amide bonds. The van der Waals surface area contributed by atoms with Crippen molar-refractivity contribution in [3.05, 3.63) is 65.5 Å². The Kier molecular flexibility index (Phi) is 4.93. The average molecular weight is 287 g/mol. The molecule has 0 radical (unpaired) electrons. The van der Waals surface area contributed by atoms with Gasteiger partial charge in [0.1, 0.15) is 11.6 Å². The average Bonchev–Trinajstić information content (AvgIpc) is 2.52. The molecule has 0 saturated heterocycles. The number of rotatable bonds is 5. The van der Waals surface area contributed by atoms with Crippen molar-refractivity contribution in [3.63, 3.8) is 0 Å². The molecule has 1 N–H and O–H groups in total. The lowest BCUT2D eigenvalue weighted by atomic mass is 10.0. The Balaban J connectivity index is 1.99. The van der Waals surface area contributed by atoms with Gasteiger partial charge in [0.15, 0.2) is 0 Å². The van der Waals surface area contributed by atoms with Crippen LogP contribution in [-0.4, -0.2) is 19.6 Å². The molecule has 4 heteroatoms. The maximum atomic E-state index is 12.9. The molecular formula is C17H18FNO2. The van der Waals surface area contributed by atoms with E-state index in [1.165, 1.54) is 19.2 Å². The van der Waals surface area contributed by atoms with Crippen LogP contribution >= 0.6 is 0 Å². The zero-order valence-electron chi connectivity index (χ0n) is 12.1. The molecule has 2 aromatic carbocycles. The molecule has 0 fully saturated rings. The van der Waals surface area contributed by atoms with E-state index in [0.29, 0.717) is 17.9 Å². The highest BCUT2D eigenvalue weighted by Gasteiger charge is 2.13. The molecule has 0 bridgehead atoms. The number of carbonyl (C=O) groups excluding carboxylic acids is 1. The van der Waals surface area contributed by atoms with Gasteiger partial charge in [0.2, 0.25) is 0 Å². The van der Waals surface area contributed by atoms with E-state index in [1.54, 1.807) is 30.3 Å². The molecule has 21 heavy (non-hydrogen) atoms. The van der Waals surface area contributed by atoms with Crippen molar-refractivity contribution in [1.82, 2.24) is 5.32 Å². The number of para-hydroxylation sites is 1. The van der Waals surface area contributed by atoms with Crippen LogP contribution in [0.25, 0.3) is 0 Å². The van der Waals surface area contributed by atoms with Crippen molar-refractivity contribution in [2.24, 2.45) is 0 Å². The fourth-order valence-corrected chi connectivity index (χ4v) is 2.08. The van der Waals surface area contributed by atoms with E-state index >= 15 is 0 Å². The first-order chi connectivity index (χ1) is 10.1. The van der Waals surface area contributed by atoms with Gasteiger partial charge >= 0.3 is 0 Å². The summed E-state index contributed by atoms with van der Waals surface area (Å²) in [7, 11) is 1.53. The number of halogens is 1. The minimum absolute atomic E-state index is 0.101. The van der Waals surface area contributed by atoms with Gasteiger partial charge < -0.3 is 10.1 Å². The monoisotopic (exact) mass is 287 g/mol. The lowest BCUT2D eigenvalue weighted by Gasteiger charge is -2.14. The third-order valence-electron chi connectivity index (χ3n) is 3.36. The highest BCUT2D eigenvalue weighted by molar-refractivity contribution is 5.96. The number of methoxy groups -OCH3 is 1. The van der Waals surface area contributed by atoms with Crippen LogP contribution in [0.5, 0.6) is 5.75 Å². The number of hydrogen-bond donors (Lipinski definition) is 1. The second kappa shape index (κ2) is 6.88. The van der Waals surface area contributed by atoms with E-state index in [4.69, 9.17) is 4.74 Å². The molecule has 2 rings (SSSR count). The summed E-state index contributed by atoms with van der Waals surface area (Å²) in [6, 6.07) is 13.4. The Morgan fingerprint density at radius 1 is 1.19 bits per heavy atom. The number of ether oxygens (including phenoxy) is 1. The van der Waals surface area contributed by atoms with Gasteiger partial charge in [-0.05, 0) is 35.7 Å². The SMILES string of the molecule is COc1ccccc1C(=O)NCC(C)c1ccc(F)cc1. The van der Waals surface area contributed by atoms with Gasteiger partial charge in [0, 0.05) is 6.54 Å². The summed E-state index contributed by atoms with van der Waals surface area (Å²) in [6.45, 7) is 2.46. The maximum Gasteiger partial charge on any atom is 0.255 e. The van der Waals surface area contributed by atoms with Crippen molar-refractivity contribution in [1.29, 1.82) is 0 Å². The predicted octanol–water partition coefficient (Wildman–Crippen LogP) is 3.37. The number of carbonyl (C=O) groups is 1. The zero-order valence-corrected chi connectivity index (χ0v) is 12.1. The molecule has 1 unspecified atom stereocenters. The Hall–Kier alpha value is -2.36. The molecule has 3 nitrogen and oxygen atoms in total. The van der Waals surface area contributed by atoms with Gasteiger partial charge in [-0.25, -0.2) is 4.39 Å². The second-order valence-electron chi connectivity index (χ2n) is 4.86. The second-order valence-corrected chi connectivity index (χ2v) is 4.86. The fourth-order valence-electron chi connectivity index (χ4n) is 2.08. The molecule has 110 valence electrons. The highest BCUT2D eigenvalue weighted by Crippen LogP contribution is 2.18. The number of amides is 1. The molecule has 0 aromatic heterocycles. The van der Waals surface area contributed by atoms with Crippen LogP contribution in [0.3, 0.4) is 0 Å². The van der Waals surface area contributed by atoms with Gasteiger partial charge in [-0.15, -0.1) is 0 Å². The third-order valence-corrected chi connectivity index (χ3v) is 3.36. The number of benzene rings is 2. The molecule has 0 aliphatic rings. The Labute approximate surface area is 123 Å². The van der Waals surface area contributed by atoms with Crippen LogP contribution in [0.4, 0.5) is 4.39 Å². The molecule has 0 spiro atoms. The van der Waals surface area contributed by atoms with Crippen LogP contribution in [0, 0.1) is 5.82 Å². The van der Waals surface area contributed by atoms with Crippen LogP contribution in [0.1, 0.15) is 28.8 Å². The van der Waals surface area contributed by atoms with Gasteiger partial charge in [-0.2, -0.15) is 0 Å². The van der Waals surface area contributed by atoms with Crippen molar-refractivity contribution in [2.75, 3.05) is 13.7 Å². The lowest BCUT2D eigenvalue weighted by Crippen LogP contribution is -2.27. The van der Waals surface area contributed by atoms with Crippen molar-refractivity contribution >= 4 is 5.91 Å². The van der Waals surface area contributed by atoms with Gasteiger partial charge in [0.25, 0.3) is 5.91 Å². The van der Waals surface area contributed by atoms with E-state index in [2.05, 4.69) is 5.32 Å². The van der Waals surface area contributed by atoms with Crippen molar-refractivity contribution < 1.29 is 13.9 Å². The van der Waals surface area contributed by atoms with Gasteiger partial charge in [-0.1, -0.05) is 31.2 Å². The summed E-state index contributed by atoms with van der Waals surface area (Å²) in [5.41, 5.74) is 1.49. The molecular weight excluding hydrogens is 269 g/mol. The topological polar surface area (TPSA) is 38.3 Å². The van der Waals surface area contributed by atoms with E-state index in [0.717, 1.165) is 5.56 Å². The van der Waals surface area contributed by atoms with Gasteiger partial charge in [0.05, 0.1) is 12.7 Å². The first-order valence-corrected chi connectivity index (χ1v) is 6.78. The van der Waals surface area contributed by atoms with Crippen LogP contribution < -0.4 is 10.1 Å². The summed E-state index contributed by atoms with van der Waals surface area (Å²) in [5, 5.41) is 2.87. The molecule has 0 aliphatic carbocycles. The van der Waals surface area contributed by atoms with Crippen molar-refractivity contribution in [2.45, 2.75) is 12.8 Å². The highest BCUT2D eigenvalue weighted by atomic mass is 19.1. The number of hydrogen-bond acceptors (Lipinski definition) is 2. The first kappa shape index (κ1) is 15.0. The number of nitrogens with one attached hydrogen (secondary N) is 1. The summed E-state index contributed by atoms with van der Waals surface area (Å²) in [6.07, 6.45) is 0. The predicted molar refractivity (Wildman–Crippen MR) is 80.1 cm³/mol. The largest absolute Gasteiger partial charge is 0.496 e. The minimum atomic E-state index is -0.260. The standard InChI is InChI=1S/C17H18FNO2/c1-12(13-7-9-14(18)10-8-13)11-19-17(20)15-5-3-4-6-16(15)21-2/h3-10,12H,11H2,1-2H3,(H,19,20).